The second-order valence-corrected chi connectivity index (χ2v) is 8.91. The average molecular weight is 340 g/mol. The molecule has 0 N–H and O–H groups in total. The van der Waals surface area contributed by atoms with Crippen molar-refractivity contribution in [3.05, 3.63) is 0 Å². The summed E-state index contributed by atoms with van der Waals surface area (Å²) in [6.07, 6.45) is 1.74. The molecule has 0 aromatic rings. The highest BCUT2D eigenvalue weighted by molar-refractivity contribution is 7.60. The first-order chi connectivity index (χ1) is 8.17. The zero-order valence-corrected chi connectivity index (χ0v) is 13.8. The van der Waals surface area contributed by atoms with Gasteiger partial charge in [0, 0.05) is 13.1 Å². The molecule has 0 bridgehead atoms. The van der Waals surface area contributed by atoms with Crippen molar-refractivity contribution in [2.24, 2.45) is 0 Å². The van der Waals surface area contributed by atoms with Crippen LogP contribution >= 0.6 is 42.2 Å². The van der Waals surface area contributed by atoms with Crippen molar-refractivity contribution in [2.45, 2.75) is 43.3 Å². The fourth-order valence-corrected chi connectivity index (χ4v) is 4.53. The Balaban J connectivity index is 5.01. The van der Waals surface area contributed by atoms with Crippen LogP contribution in [0.15, 0.2) is 0 Å². The summed E-state index contributed by atoms with van der Waals surface area (Å²) >= 11 is 17.2. The molecule has 0 amide bonds. The smallest absolute Gasteiger partial charge is 0.303 e. The summed E-state index contributed by atoms with van der Waals surface area (Å²) in [4.78, 5) is 11.0. The molecule has 0 fully saturated rings. The minimum atomic E-state index is -3.35. The minimum absolute atomic E-state index is 0.128. The van der Waals surface area contributed by atoms with Crippen molar-refractivity contribution in [1.29, 1.82) is 0 Å². The van der Waals surface area contributed by atoms with Gasteiger partial charge >= 0.3 is 5.97 Å². The largest absolute Gasteiger partial charge is 0.447 e. The molecule has 0 spiro atoms. The maximum Gasteiger partial charge on any atom is 0.303 e. The lowest BCUT2D eigenvalue weighted by atomic mass is 10.4. The third-order valence-electron chi connectivity index (χ3n) is 2.16. The van der Waals surface area contributed by atoms with Gasteiger partial charge in [0.1, 0.15) is 0 Å². The molecule has 0 radical (unpaired) electrons. The quantitative estimate of drug-likeness (QED) is 0.299. The Labute approximate surface area is 123 Å². The van der Waals surface area contributed by atoms with Crippen molar-refractivity contribution in [3.63, 3.8) is 0 Å². The van der Waals surface area contributed by atoms with Gasteiger partial charge in [-0.05, 0) is 6.42 Å². The molecule has 0 aliphatic rings. The number of esters is 1. The first-order valence-electron chi connectivity index (χ1n) is 5.64. The fraction of sp³-hybridized carbons (Fsp3) is 0.900. The van der Waals surface area contributed by atoms with Gasteiger partial charge in [0.05, 0.1) is 6.61 Å². The number of rotatable bonds is 7. The van der Waals surface area contributed by atoms with Crippen LogP contribution in [0.5, 0.6) is 0 Å². The number of hydrogen-bond acceptors (Lipinski definition) is 4. The maximum atomic E-state index is 12.6. The van der Waals surface area contributed by atoms with Crippen molar-refractivity contribution in [1.82, 2.24) is 0 Å². The predicted molar refractivity (Wildman–Crippen MR) is 74.9 cm³/mol. The van der Waals surface area contributed by atoms with Crippen LogP contribution in [-0.4, -0.2) is 28.4 Å². The summed E-state index contributed by atoms with van der Waals surface area (Å²) in [5.74, 6) is -2.05. The van der Waals surface area contributed by atoms with Crippen LogP contribution in [0.4, 0.5) is 0 Å². The van der Waals surface area contributed by atoms with Gasteiger partial charge in [-0.15, -0.1) is 0 Å². The van der Waals surface area contributed by atoms with Crippen LogP contribution in [0.3, 0.4) is 0 Å². The molecule has 0 saturated heterocycles. The van der Waals surface area contributed by atoms with Gasteiger partial charge in [-0.1, -0.05) is 55.1 Å². The Hall–Kier alpha value is 0.530. The average Bonchev–Trinajstić information content (AvgIpc) is 2.24. The number of carbonyl (C=O) groups excluding carboxylic acids is 1. The highest BCUT2D eigenvalue weighted by atomic mass is 35.6. The van der Waals surface area contributed by atoms with Gasteiger partial charge in [-0.25, -0.2) is 0 Å². The summed E-state index contributed by atoms with van der Waals surface area (Å²) < 4.78 is 20.8. The third kappa shape index (κ3) is 6.12. The van der Waals surface area contributed by atoms with Crippen LogP contribution in [0.25, 0.3) is 0 Å². The van der Waals surface area contributed by atoms with E-state index in [1.165, 1.54) is 0 Å². The van der Waals surface area contributed by atoms with E-state index in [-0.39, 0.29) is 12.8 Å². The molecule has 108 valence electrons. The molecule has 0 rings (SSSR count). The molecular formula is C10H18Cl3O4P. The Kier molecular flexibility index (Phi) is 8.19. The van der Waals surface area contributed by atoms with Gasteiger partial charge in [-0.3, -0.25) is 9.36 Å². The molecule has 2 unspecified atom stereocenters. The summed E-state index contributed by atoms with van der Waals surface area (Å²) in [6.45, 7) is 5.05. The fourth-order valence-electron chi connectivity index (χ4n) is 1.22. The lowest BCUT2D eigenvalue weighted by Gasteiger charge is -2.30. The van der Waals surface area contributed by atoms with Crippen molar-refractivity contribution < 1.29 is 18.6 Å². The van der Waals surface area contributed by atoms with Crippen molar-refractivity contribution in [3.8, 4) is 0 Å². The third-order valence-corrected chi connectivity index (χ3v) is 5.92. The molecule has 0 aliphatic carbocycles. The molecule has 4 nitrogen and oxygen atoms in total. The van der Waals surface area contributed by atoms with E-state index in [4.69, 9.17) is 44.1 Å². The molecule has 18 heavy (non-hydrogen) atoms. The number of unbranched alkanes of at least 4 members (excludes halogenated alkanes) is 1. The van der Waals surface area contributed by atoms with Crippen molar-refractivity contribution >= 4 is 48.1 Å². The zero-order chi connectivity index (χ0) is 14.4. The standard InChI is InChI=1S/C10H18Cl3O4P/c1-4-6-7-16-18(15,5-2)9(10(11,12)13)17-8(3)14/h9H,4-7H2,1-3H3. The summed E-state index contributed by atoms with van der Waals surface area (Å²) in [5.41, 5.74) is 0. The van der Waals surface area contributed by atoms with Gasteiger partial charge in [-0.2, -0.15) is 0 Å². The number of alkyl halides is 3. The van der Waals surface area contributed by atoms with E-state index < -0.39 is 23.0 Å². The SMILES string of the molecule is CCCCOP(=O)(CC)C(OC(C)=O)C(Cl)(Cl)Cl. The van der Waals surface area contributed by atoms with Gasteiger partial charge in [0.25, 0.3) is 0 Å². The van der Waals surface area contributed by atoms with E-state index in [1.807, 2.05) is 6.92 Å². The van der Waals surface area contributed by atoms with Crippen LogP contribution in [-0.2, 0) is 18.6 Å². The molecule has 0 aromatic heterocycles. The van der Waals surface area contributed by atoms with E-state index in [0.29, 0.717) is 0 Å². The Bertz CT molecular complexity index is 317. The summed E-state index contributed by atoms with van der Waals surface area (Å²) in [6, 6.07) is 0. The van der Waals surface area contributed by atoms with Gasteiger partial charge in [0.2, 0.25) is 17.0 Å². The highest BCUT2D eigenvalue weighted by Crippen LogP contribution is 2.59. The van der Waals surface area contributed by atoms with Gasteiger partial charge < -0.3 is 9.26 Å². The number of carbonyl (C=O) groups is 1. The summed E-state index contributed by atoms with van der Waals surface area (Å²) in [7, 11) is -3.35. The van der Waals surface area contributed by atoms with E-state index >= 15 is 0 Å². The Morgan fingerprint density at radius 1 is 1.33 bits per heavy atom. The Morgan fingerprint density at radius 2 is 1.89 bits per heavy atom. The van der Waals surface area contributed by atoms with Gasteiger partial charge in [0.15, 0.2) is 0 Å². The number of hydrogen-bond donors (Lipinski definition) is 0. The molecule has 0 heterocycles. The van der Waals surface area contributed by atoms with Crippen LogP contribution < -0.4 is 0 Å². The predicted octanol–water partition coefficient (Wildman–Crippen LogP) is 4.36. The van der Waals surface area contributed by atoms with E-state index in [0.717, 1.165) is 19.8 Å². The minimum Gasteiger partial charge on any atom is -0.447 e. The molecular weight excluding hydrogens is 321 g/mol. The zero-order valence-electron chi connectivity index (χ0n) is 10.6. The molecule has 0 aromatic carbocycles. The van der Waals surface area contributed by atoms with E-state index in [9.17, 15) is 9.36 Å². The molecule has 0 saturated carbocycles. The van der Waals surface area contributed by atoms with Crippen molar-refractivity contribution in [2.75, 3.05) is 12.8 Å². The molecule has 0 aliphatic heterocycles. The van der Waals surface area contributed by atoms with Crippen LogP contribution in [0.1, 0.15) is 33.6 Å². The van der Waals surface area contributed by atoms with E-state index in [2.05, 4.69) is 0 Å². The first-order valence-corrected chi connectivity index (χ1v) is 8.66. The highest BCUT2D eigenvalue weighted by Gasteiger charge is 2.49. The molecule has 2 atom stereocenters. The van der Waals surface area contributed by atoms with Crippen LogP contribution in [0.2, 0.25) is 0 Å². The number of ether oxygens (including phenoxy) is 1. The lowest BCUT2D eigenvalue weighted by Crippen LogP contribution is -2.32. The lowest BCUT2D eigenvalue weighted by molar-refractivity contribution is -0.143. The van der Waals surface area contributed by atoms with Crippen LogP contribution in [0, 0.1) is 0 Å². The monoisotopic (exact) mass is 338 g/mol. The van der Waals surface area contributed by atoms with E-state index in [1.54, 1.807) is 6.92 Å². The molecule has 8 heteroatoms. The second-order valence-electron chi connectivity index (χ2n) is 3.73. The maximum absolute atomic E-state index is 12.6. The normalized spacial score (nSPS) is 17.0. The second kappa shape index (κ2) is 7.96. The Morgan fingerprint density at radius 3 is 2.22 bits per heavy atom. The summed E-state index contributed by atoms with van der Waals surface area (Å²) in [5, 5.41) is 0. The number of halogens is 3. The first kappa shape index (κ1) is 18.5. The topological polar surface area (TPSA) is 52.6 Å².